The lowest BCUT2D eigenvalue weighted by molar-refractivity contribution is -0.121. The molecule has 0 aliphatic heterocycles. The Bertz CT molecular complexity index is 1320. The Balaban J connectivity index is 1.31. The van der Waals surface area contributed by atoms with Crippen LogP contribution in [0.3, 0.4) is 0 Å². The standard InChI is InChI=1S/C26H29N5O5/c1-4-23-27-12-14-31(23)13-11-24(32)28-15-21-17(2)35-26(30-21)18-5-7-19(8-6-18)29-25(33)22-10-9-20(36-22)16-34-3/h5-10,12,14H,4,11,13,15-16H2,1-3H3,(H,28,32)(H,29,33). The van der Waals surface area contributed by atoms with E-state index in [1.54, 1.807) is 49.7 Å². The molecule has 188 valence electrons. The number of anilines is 1. The van der Waals surface area contributed by atoms with Crippen LogP contribution >= 0.6 is 0 Å². The number of aryl methyl sites for hydroxylation is 3. The molecule has 4 aromatic rings. The summed E-state index contributed by atoms with van der Waals surface area (Å²) in [4.78, 5) is 33.5. The zero-order chi connectivity index (χ0) is 25.5. The molecule has 0 aliphatic carbocycles. The number of nitrogens with zero attached hydrogens (tertiary/aromatic N) is 3. The topological polar surface area (TPSA) is 124 Å². The van der Waals surface area contributed by atoms with Gasteiger partial charge in [0, 0.05) is 50.1 Å². The first-order valence-corrected chi connectivity index (χ1v) is 11.7. The van der Waals surface area contributed by atoms with Gasteiger partial charge >= 0.3 is 0 Å². The summed E-state index contributed by atoms with van der Waals surface area (Å²) in [5.74, 6) is 2.40. The number of amides is 2. The van der Waals surface area contributed by atoms with E-state index in [0.717, 1.165) is 17.8 Å². The molecule has 3 heterocycles. The van der Waals surface area contributed by atoms with E-state index in [2.05, 4.69) is 20.6 Å². The molecule has 0 saturated carbocycles. The summed E-state index contributed by atoms with van der Waals surface area (Å²) < 4.78 is 18.2. The Kier molecular flexibility index (Phi) is 7.96. The summed E-state index contributed by atoms with van der Waals surface area (Å²) in [6.07, 6.45) is 4.80. The van der Waals surface area contributed by atoms with Crippen molar-refractivity contribution in [3.8, 4) is 11.5 Å². The first kappa shape index (κ1) is 24.9. The molecule has 2 N–H and O–H groups in total. The number of ether oxygens (including phenoxy) is 1. The predicted molar refractivity (Wildman–Crippen MR) is 132 cm³/mol. The van der Waals surface area contributed by atoms with Crippen molar-refractivity contribution in [3.05, 3.63) is 77.6 Å². The summed E-state index contributed by atoms with van der Waals surface area (Å²) in [5.41, 5.74) is 2.02. The molecule has 0 aliphatic rings. The normalized spacial score (nSPS) is 11.0. The number of oxazole rings is 1. The van der Waals surface area contributed by atoms with Gasteiger partial charge in [0.25, 0.3) is 5.91 Å². The Morgan fingerprint density at radius 2 is 1.92 bits per heavy atom. The van der Waals surface area contributed by atoms with Gasteiger partial charge in [-0.15, -0.1) is 0 Å². The highest BCUT2D eigenvalue weighted by molar-refractivity contribution is 6.02. The predicted octanol–water partition coefficient (Wildman–Crippen LogP) is 4.11. The Morgan fingerprint density at radius 1 is 1.11 bits per heavy atom. The molecular weight excluding hydrogens is 462 g/mol. The van der Waals surface area contributed by atoms with E-state index >= 15 is 0 Å². The van der Waals surface area contributed by atoms with Crippen LogP contribution in [0.25, 0.3) is 11.5 Å². The van der Waals surface area contributed by atoms with Gasteiger partial charge in [-0.2, -0.15) is 0 Å². The van der Waals surface area contributed by atoms with Crippen LogP contribution in [0.15, 0.2) is 57.6 Å². The second-order valence-corrected chi connectivity index (χ2v) is 8.17. The van der Waals surface area contributed by atoms with Crippen LogP contribution < -0.4 is 10.6 Å². The number of carbonyl (C=O) groups excluding carboxylic acids is 2. The molecule has 2 amide bonds. The van der Waals surface area contributed by atoms with Gasteiger partial charge in [-0.3, -0.25) is 9.59 Å². The number of nitrogens with one attached hydrogen (secondary N) is 2. The third kappa shape index (κ3) is 6.08. The van der Waals surface area contributed by atoms with Gasteiger partial charge in [0.2, 0.25) is 11.8 Å². The van der Waals surface area contributed by atoms with E-state index in [4.69, 9.17) is 13.6 Å². The van der Waals surface area contributed by atoms with Crippen LogP contribution in [0.4, 0.5) is 5.69 Å². The molecule has 1 aromatic carbocycles. The van der Waals surface area contributed by atoms with E-state index < -0.39 is 0 Å². The van der Waals surface area contributed by atoms with Crippen LogP contribution in [-0.2, 0) is 35.6 Å². The van der Waals surface area contributed by atoms with Crippen molar-refractivity contribution in [3.63, 3.8) is 0 Å². The first-order chi connectivity index (χ1) is 17.5. The number of methoxy groups -OCH3 is 1. The average molecular weight is 492 g/mol. The van der Waals surface area contributed by atoms with Crippen molar-refractivity contribution >= 4 is 17.5 Å². The number of hydrogen-bond acceptors (Lipinski definition) is 7. The maximum absolute atomic E-state index is 12.4. The smallest absolute Gasteiger partial charge is 0.291 e. The summed E-state index contributed by atoms with van der Waals surface area (Å²) in [7, 11) is 1.56. The molecule has 3 aromatic heterocycles. The van der Waals surface area contributed by atoms with Gasteiger partial charge in [-0.1, -0.05) is 6.92 Å². The minimum absolute atomic E-state index is 0.0688. The van der Waals surface area contributed by atoms with Crippen LogP contribution in [-0.4, -0.2) is 33.5 Å². The van der Waals surface area contributed by atoms with Gasteiger partial charge in [0.15, 0.2) is 5.76 Å². The Hall–Kier alpha value is -4.18. The molecule has 0 atom stereocenters. The summed E-state index contributed by atoms with van der Waals surface area (Å²) in [6.45, 7) is 5.00. The maximum atomic E-state index is 12.4. The van der Waals surface area contributed by atoms with Gasteiger partial charge in [-0.25, -0.2) is 9.97 Å². The molecule has 0 fully saturated rings. The Morgan fingerprint density at radius 3 is 2.67 bits per heavy atom. The minimum Gasteiger partial charge on any atom is -0.453 e. The lowest BCUT2D eigenvalue weighted by Crippen LogP contribution is -2.24. The van der Waals surface area contributed by atoms with E-state index in [1.807, 2.05) is 24.6 Å². The number of hydrogen-bond donors (Lipinski definition) is 2. The average Bonchev–Trinajstić information content (AvgIpc) is 3.62. The molecule has 0 radical (unpaired) electrons. The SMILES string of the molecule is CCc1nccn1CCC(=O)NCc1nc(-c2ccc(NC(=O)c3ccc(COC)o3)cc2)oc1C. The van der Waals surface area contributed by atoms with Crippen molar-refractivity contribution in [2.45, 2.75) is 46.4 Å². The maximum Gasteiger partial charge on any atom is 0.291 e. The lowest BCUT2D eigenvalue weighted by atomic mass is 10.2. The van der Waals surface area contributed by atoms with Gasteiger partial charge in [0.1, 0.15) is 29.6 Å². The van der Waals surface area contributed by atoms with Crippen molar-refractivity contribution in [1.82, 2.24) is 19.9 Å². The number of furan rings is 1. The van der Waals surface area contributed by atoms with Crippen molar-refractivity contribution in [2.75, 3.05) is 12.4 Å². The van der Waals surface area contributed by atoms with E-state index in [0.29, 0.717) is 48.4 Å². The number of imidazole rings is 1. The zero-order valence-corrected chi connectivity index (χ0v) is 20.5. The largest absolute Gasteiger partial charge is 0.453 e. The van der Waals surface area contributed by atoms with E-state index in [-0.39, 0.29) is 24.1 Å². The Labute approximate surface area is 208 Å². The lowest BCUT2D eigenvalue weighted by Gasteiger charge is -2.07. The van der Waals surface area contributed by atoms with Crippen molar-refractivity contribution in [1.29, 1.82) is 0 Å². The third-order valence-corrected chi connectivity index (χ3v) is 5.61. The van der Waals surface area contributed by atoms with Crippen LogP contribution in [0.2, 0.25) is 0 Å². The quantitative estimate of drug-likeness (QED) is 0.324. The molecule has 0 unspecified atom stereocenters. The minimum atomic E-state index is -0.353. The van der Waals surface area contributed by atoms with Crippen LogP contribution in [0, 0.1) is 6.92 Å². The van der Waals surface area contributed by atoms with E-state index in [9.17, 15) is 9.59 Å². The van der Waals surface area contributed by atoms with Crippen molar-refractivity contribution < 1.29 is 23.2 Å². The highest BCUT2D eigenvalue weighted by atomic mass is 16.5. The third-order valence-electron chi connectivity index (χ3n) is 5.61. The van der Waals surface area contributed by atoms with Crippen LogP contribution in [0.5, 0.6) is 0 Å². The van der Waals surface area contributed by atoms with E-state index in [1.165, 1.54) is 0 Å². The fourth-order valence-corrected chi connectivity index (χ4v) is 3.67. The molecule has 0 saturated heterocycles. The van der Waals surface area contributed by atoms with Crippen molar-refractivity contribution in [2.24, 2.45) is 0 Å². The molecule has 0 spiro atoms. The highest BCUT2D eigenvalue weighted by Gasteiger charge is 2.15. The van der Waals surface area contributed by atoms with Gasteiger partial charge < -0.3 is 28.8 Å². The molecular formula is C26H29N5O5. The molecule has 4 rings (SSSR count). The second-order valence-electron chi connectivity index (χ2n) is 8.17. The highest BCUT2D eigenvalue weighted by Crippen LogP contribution is 2.24. The number of benzene rings is 1. The summed E-state index contributed by atoms with van der Waals surface area (Å²) in [5, 5.41) is 5.69. The molecule has 10 nitrogen and oxygen atoms in total. The number of aromatic nitrogens is 3. The summed E-state index contributed by atoms with van der Waals surface area (Å²) >= 11 is 0. The number of rotatable bonds is 11. The zero-order valence-electron chi connectivity index (χ0n) is 20.5. The molecule has 10 heteroatoms. The van der Waals surface area contributed by atoms with Gasteiger partial charge in [0.05, 0.1) is 6.54 Å². The molecule has 0 bridgehead atoms. The van der Waals surface area contributed by atoms with Gasteiger partial charge in [-0.05, 0) is 43.3 Å². The fraction of sp³-hybridized carbons (Fsp3) is 0.308. The molecule has 36 heavy (non-hydrogen) atoms. The first-order valence-electron chi connectivity index (χ1n) is 11.7. The van der Waals surface area contributed by atoms with Crippen LogP contribution in [0.1, 0.15) is 46.9 Å². The second kappa shape index (κ2) is 11.5. The summed E-state index contributed by atoms with van der Waals surface area (Å²) in [6, 6.07) is 10.4. The monoisotopic (exact) mass is 491 g/mol. The number of carbonyl (C=O) groups is 2. The fourth-order valence-electron chi connectivity index (χ4n) is 3.67.